The first-order chi connectivity index (χ1) is 19.1. The standard InChI is InChI=1S/C27H31F2N9O2/c1-15-21(12-31-35-15)34-26-30-9-7-19(33-26)16-5-6-18-17(11-16)13-38(14-22(28)29)10-8-20(18)32-23(39)24-36-37-25(40-24)27(2,3)4/h5-7,9,11-12,20,22H,8,10,13-14H2,1-4H3,(H,31,35)(H,32,39)(H,30,33,34). The summed E-state index contributed by atoms with van der Waals surface area (Å²) in [4.78, 5) is 23.7. The van der Waals surface area contributed by atoms with Gasteiger partial charge >= 0.3 is 11.8 Å². The van der Waals surface area contributed by atoms with Crippen molar-refractivity contribution in [3.63, 3.8) is 0 Å². The van der Waals surface area contributed by atoms with Crippen molar-refractivity contribution in [2.75, 3.05) is 18.4 Å². The van der Waals surface area contributed by atoms with Crippen LogP contribution in [-0.4, -0.2) is 60.7 Å². The van der Waals surface area contributed by atoms with Crippen LogP contribution in [0, 0.1) is 6.92 Å². The van der Waals surface area contributed by atoms with E-state index in [0.29, 0.717) is 37.0 Å². The normalized spacial score (nSPS) is 16.0. The Morgan fingerprint density at radius 2 is 2.08 bits per heavy atom. The van der Waals surface area contributed by atoms with Gasteiger partial charge in [-0.2, -0.15) is 5.10 Å². The minimum Gasteiger partial charge on any atom is -0.416 e. The van der Waals surface area contributed by atoms with E-state index in [1.807, 2.05) is 45.9 Å². The zero-order chi connectivity index (χ0) is 28.4. The molecular weight excluding hydrogens is 520 g/mol. The summed E-state index contributed by atoms with van der Waals surface area (Å²) in [5.74, 6) is 0.112. The number of nitrogens with zero attached hydrogens (tertiary/aromatic N) is 6. The molecule has 1 atom stereocenters. The molecule has 5 rings (SSSR count). The molecule has 4 heterocycles. The minimum atomic E-state index is -2.48. The van der Waals surface area contributed by atoms with E-state index in [9.17, 15) is 13.6 Å². The molecule has 4 aromatic rings. The van der Waals surface area contributed by atoms with Crippen molar-refractivity contribution in [1.82, 2.24) is 40.6 Å². The van der Waals surface area contributed by atoms with Crippen LogP contribution >= 0.6 is 0 Å². The topological polar surface area (TPSA) is 138 Å². The first kappa shape index (κ1) is 27.3. The Bertz CT molecular complexity index is 1500. The largest absolute Gasteiger partial charge is 0.416 e. The number of aromatic nitrogens is 6. The number of hydrogen-bond acceptors (Lipinski definition) is 9. The number of amides is 1. The lowest BCUT2D eigenvalue weighted by Gasteiger charge is -2.20. The summed E-state index contributed by atoms with van der Waals surface area (Å²) < 4.78 is 32.3. The predicted octanol–water partition coefficient (Wildman–Crippen LogP) is 4.54. The fourth-order valence-corrected chi connectivity index (χ4v) is 4.54. The van der Waals surface area contributed by atoms with Gasteiger partial charge in [0.25, 0.3) is 6.43 Å². The monoisotopic (exact) mass is 551 g/mol. The van der Waals surface area contributed by atoms with Gasteiger partial charge in [0.05, 0.1) is 35.9 Å². The average molecular weight is 552 g/mol. The number of H-pyrrole nitrogens is 1. The number of hydrogen-bond donors (Lipinski definition) is 3. The van der Waals surface area contributed by atoms with E-state index in [1.54, 1.807) is 23.4 Å². The fraction of sp³-hybridized carbons (Fsp3) is 0.407. The molecule has 0 radical (unpaired) electrons. The van der Waals surface area contributed by atoms with Gasteiger partial charge in [0.1, 0.15) is 0 Å². The quantitative estimate of drug-likeness (QED) is 0.302. The molecule has 1 aliphatic heterocycles. The summed E-state index contributed by atoms with van der Waals surface area (Å²) in [6.45, 7) is 7.93. The molecule has 3 aromatic heterocycles. The van der Waals surface area contributed by atoms with E-state index in [0.717, 1.165) is 28.1 Å². The molecule has 1 aliphatic rings. The first-order valence-electron chi connectivity index (χ1n) is 13.0. The zero-order valence-corrected chi connectivity index (χ0v) is 22.7. The summed E-state index contributed by atoms with van der Waals surface area (Å²) >= 11 is 0. The third-order valence-corrected chi connectivity index (χ3v) is 6.64. The van der Waals surface area contributed by atoms with Gasteiger partial charge in [-0.15, -0.1) is 10.2 Å². The molecule has 1 amide bonds. The van der Waals surface area contributed by atoms with Crippen molar-refractivity contribution in [3.05, 3.63) is 65.3 Å². The lowest BCUT2D eigenvalue weighted by Crippen LogP contribution is -2.31. The number of nitrogens with one attached hydrogen (secondary N) is 3. The molecule has 40 heavy (non-hydrogen) atoms. The van der Waals surface area contributed by atoms with Gasteiger partial charge in [-0.25, -0.2) is 18.7 Å². The van der Waals surface area contributed by atoms with Crippen LogP contribution < -0.4 is 10.6 Å². The van der Waals surface area contributed by atoms with Crippen LogP contribution in [0.15, 0.2) is 41.1 Å². The summed E-state index contributed by atoms with van der Waals surface area (Å²) in [6.07, 6.45) is 1.26. The molecular formula is C27H31F2N9O2. The Balaban J connectivity index is 1.43. The summed E-state index contributed by atoms with van der Waals surface area (Å²) in [5, 5.41) is 20.9. The summed E-state index contributed by atoms with van der Waals surface area (Å²) in [5.41, 5.74) is 4.32. The second kappa shape index (κ2) is 11.1. The molecule has 0 saturated heterocycles. The van der Waals surface area contributed by atoms with Crippen molar-refractivity contribution in [1.29, 1.82) is 0 Å². The third kappa shape index (κ3) is 6.14. The number of carbonyl (C=O) groups is 1. The van der Waals surface area contributed by atoms with Gasteiger partial charge in [0.15, 0.2) is 0 Å². The van der Waals surface area contributed by atoms with Gasteiger partial charge in [-0.3, -0.25) is 14.8 Å². The Hall–Kier alpha value is -4.26. The Morgan fingerprint density at radius 3 is 2.77 bits per heavy atom. The fourth-order valence-electron chi connectivity index (χ4n) is 4.54. The number of carbonyl (C=O) groups excluding carboxylic acids is 1. The number of benzene rings is 1. The van der Waals surface area contributed by atoms with Gasteiger partial charge in [-0.05, 0) is 36.6 Å². The Morgan fingerprint density at radius 1 is 1.25 bits per heavy atom. The van der Waals surface area contributed by atoms with Crippen LogP contribution in [0.2, 0.25) is 0 Å². The van der Waals surface area contributed by atoms with Crippen LogP contribution in [0.4, 0.5) is 20.4 Å². The third-order valence-electron chi connectivity index (χ3n) is 6.64. The van der Waals surface area contributed by atoms with E-state index >= 15 is 0 Å². The van der Waals surface area contributed by atoms with Crippen molar-refractivity contribution in [2.24, 2.45) is 0 Å². The van der Waals surface area contributed by atoms with Gasteiger partial charge in [0.2, 0.25) is 11.8 Å². The van der Waals surface area contributed by atoms with Crippen molar-refractivity contribution in [3.8, 4) is 11.3 Å². The van der Waals surface area contributed by atoms with E-state index < -0.39 is 23.8 Å². The number of fused-ring (bicyclic) bond motifs is 1. The maximum Gasteiger partial charge on any atom is 0.309 e. The van der Waals surface area contributed by atoms with Gasteiger partial charge in [0, 0.05) is 30.3 Å². The number of anilines is 2. The van der Waals surface area contributed by atoms with E-state index in [2.05, 4.69) is 41.0 Å². The average Bonchev–Trinajstić information content (AvgIpc) is 3.52. The predicted molar refractivity (Wildman–Crippen MR) is 143 cm³/mol. The summed E-state index contributed by atoms with van der Waals surface area (Å²) in [7, 11) is 0. The number of halogens is 2. The van der Waals surface area contributed by atoms with Crippen molar-refractivity contribution in [2.45, 2.75) is 58.5 Å². The molecule has 1 aromatic carbocycles. The van der Waals surface area contributed by atoms with Crippen molar-refractivity contribution >= 4 is 17.5 Å². The maximum atomic E-state index is 13.4. The molecule has 1 unspecified atom stereocenters. The van der Waals surface area contributed by atoms with E-state index in [-0.39, 0.29) is 12.4 Å². The second-order valence-electron chi connectivity index (χ2n) is 10.8. The number of aromatic amines is 1. The second-order valence-corrected chi connectivity index (χ2v) is 10.8. The van der Waals surface area contributed by atoms with Crippen LogP contribution in [0.25, 0.3) is 11.3 Å². The highest BCUT2D eigenvalue weighted by atomic mass is 19.3. The first-order valence-corrected chi connectivity index (χ1v) is 13.0. The maximum absolute atomic E-state index is 13.4. The van der Waals surface area contributed by atoms with E-state index in [4.69, 9.17) is 4.42 Å². The molecule has 0 fully saturated rings. The van der Waals surface area contributed by atoms with Crippen LogP contribution in [0.3, 0.4) is 0 Å². The van der Waals surface area contributed by atoms with Crippen LogP contribution in [-0.2, 0) is 12.0 Å². The molecule has 0 spiro atoms. The minimum absolute atomic E-state index is 0.134. The molecule has 3 N–H and O–H groups in total. The highest BCUT2D eigenvalue weighted by Crippen LogP contribution is 2.31. The van der Waals surface area contributed by atoms with Crippen LogP contribution in [0.1, 0.15) is 66.6 Å². The molecule has 13 heteroatoms. The molecule has 210 valence electrons. The Kier molecular flexibility index (Phi) is 7.57. The van der Waals surface area contributed by atoms with Gasteiger partial charge < -0.3 is 15.1 Å². The van der Waals surface area contributed by atoms with Gasteiger partial charge in [-0.1, -0.05) is 32.9 Å². The van der Waals surface area contributed by atoms with Crippen molar-refractivity contribution < 1.29 is 18.0 Å². The number of aryl methyl sites for hydroxylation is 1. The van der Waals surface area contributed by atoms with Crippen LogP contribution in [0.5, 0.6) is 0 Å². The number of rotatable bonds is 7. The molecule has 0 bridgehead atoms. The molecule has 0 aliphatic carbocycles. The summed E-state index contributed by atoms with van der Waals surface area (Å²) in [6, 6.07) is 7.09. The SMILES string of the molecule is Cc1[nH]ncc1Nc1nccc(-c2ccc3c(c2)CN(CC(F)F)CCC3NC(=O)c2nnc(C(C)(C)C)o2)n1. The van der Waals surface area contributed by atoms with E-state index in [1.165, 1.54) is 0 Å². The highest BCUT2D eigenvalue weighted by Gasteiger charge is 2.29. The highest BCUT2D eigenvalue weighted by molar-refractivity contribution is 5.89. The zero-order valence-electron chi connectivity index (χ0n) is 22.7. The lowest BCUT2D eigenvalue weighted by molar-refractivity contribution is 0.0819. The smallest absolute Gasteiger partial charge is 0.309 e. The molecule has 11 nitrogen and oxygen atoms in total. The number of alkyl halides is 2. The molecule has 0 saturated carbocycles. The lowest BCUT2D eigenvalue weighted by atomic mass is 9.96. The Labute approximate surface area is 229 Å².